The summed E-state index contributed by atoms with van der Waals surface area (Å²) in [5, 5.41) is 3.17. The van der Waals surface area contributed by atoms with E-state index in [9.17, 15) is 4.79 Å². The van der Waals surface area contributed by atoms with Crippen LogP contribution in [0.1, 0.15) is 44.6 Å². The molecule has 3 heteroatoms. The van der Waals surface area contributed by atoms with Crippen molar-refractivity contribution in [1.82, 2.24) is 5.32 Å². The van der Waals surface area contributed by atoms with Crippen LogP contribution in [0.5, 0.6) is 0 Å². The second-order valence-corrected chi connectivity index (χ2v) is 5.89. The monoisotopic (exact) mass is 274 g/mol. The Kier molecular flexibility index (Phi) is 5.60. The largest absolute Gasteiger partial charge is 0.352 e. The molecule has 0 saturated heterocycles. The molecule has 20 heavy (non-hydrogen) atoms. The Hall–Kier alpha value is -1.35. The lowest BCUT2D eigenvalue weighted by Crippen LogP contribution is -2.46. The zero-order chi connectivity index (χ0) is 14.4. The van der Waals surface area contributed by atoms with Crippen LogP contribution in [-0.4, -0.2) is 18.0 Å². The molecule has 3 atom stereocenters. The van der Waals surface area contributed by atoms with Crippen LogP contribution in [0.25, 0.3) is 0 Å². The molecule has 1 aromatic rings. The van der Waals surface area contributed by atoms with Gasteiger partial charge < -0.3 is 11.1 Å². The highest BCUT2D eigenvalue weighted by Gasteiger charge is 2.29. The first-order valence-corrected chi connectivity index (χ1v) is 7.80. The molecule has 3 nitrogen and oxygen atoms in total. The van der Waals surface area contributed by atoms with E-state index in [1.54, 1.807) is 0 Å². The van der Waals surface area contributed by atoms with Crippen LogP contribution in [0.15, 0.2) is 30.3 Å². The number of rotatable bonds is 6. The topological polar surface area (TPSA) is 55.1 Å². The van der Waals surface area contributed by atoms with Gasteiger partial charge in [-0.05, 0) is 37.2 Å². The van der Waals surface area contributed by atoms with Crippen LogP contribution >= 0.6 is 0 Å². The van der Waals surface area contributed by atoms with Crippen molar-refractivity contribution >= 4 is 5.91 Å². The minimum atomic E-state index is -0.349. The van der Waals surface area contributed by atoms with Gasteiger partial charge in [0.1, 0.15) is 0 Å². The number of benzene rings is 1. The van der Waals surface area contributed by atoms with Gasteiger partial charge in [0.05, 0.1) is 6.04 Å². The molecule has 1 aliphatic rings. The first-order valence-electron chi connectivity index (χ1n) is 7.80. The molecule has 0 aromatic heterocycles. The predicted octanol–water partition coefficient (Wildman–Crippen LogP) is 2.64. The average molecular weight is 274 g/mol. The number of carbonyl (C=O) groups excluding carboxylic acids is 1. The molecular weight excluding hydrogens is 248 g/mol. The number of hydrogen-bond donors (Lipinski definition) is 2. The van der Waals surface area contributed by atoms with Gasteiger partial charge >= 0.3 is 0 Å². The number of amides is 1. The molecule has 1 amide bonds. The highest BCUT2D eigenvalue weighted by Crippen LogP contribution is 2.28. The lowest BCUT2D eigenvalue weighted by Gasteiger charge is -2.23. The number of carbonyl (C=O) groups is 1. The van der Waals surface area contributed by atoms with E-state index in [0.29, 0.717) is 12.0 Å². The van der Waals surface area contributed by atoms with Crippen LogP contribution in [0.2, 0.25) is 0 Å². The molecule has 1 aliphatic carbocycles. The van der Waals surface area contributed by atoms with Crippen molar-refractivity contribution in [2.24, 2.45) is 11.7 Å². The maximum Gasteiger partial charge on any atom is 0.237 e. The quantitative estimate of drug-likeness (QED) is 0.838. The fourth-order valence-corrected chi connectivity index (χ4v) is 3.12. The Balaban J connectivity index is 1.89. The lowest BCUT2D eigenvalue weighted by molar-refractivity contribution is -0.123. The summed E-state index contributed by atoms with van der Waals surface area (Å²) < 4.78 is 0. The fourth-order valence-electron chi connectivity index (χ4n) is 3.12. The minimum absolute atomic E-state index is 0.0248. The van der Waals surface area contributed by atoms with Crippen LogP contribution in [0.4, 0.5) is 0 Å². The van der Waals surface area contributed by atoms with Gasteiger partial charge in [0, 0.05) is 6.04 Å². The first kappa shape index (κ1) is 15.0. The number of nitrogens with two attached hydrogens (primary N) is 1. The van der Waals surface area contributed by atoms with Crippen molar-refractivity contribution in [1.29, 1.82) is 0 Å². The van der Waals surface area contributed by atoms with E-state index in [1.807, 2.05) is 6.07 Å². The van der Waals surface area contributed by atoms with Crippen molar-refractivity contribution < 1.29 is 4.79 Å². The molecule has 3 N–H and O–H groups in total. The van der Waals surface area contributed by atoms with Crippen LogP contribution in [0, 0.1) is 5.92 Å². The fraction of sp³-hybridized carbons (Fsp3) is 0.588. The Morgan fingerprint density at radius 2 is 2.10 bits per heavy atom. The third-order valence-corrected chi connectivity index (χ3v) is 4.26. The van der Waals surface area contributed by atoms with Gasteiger partial charge in [-0.3, -0.25) is 4.79 Å². The Labute approximate surface area is 121 Å². The summed E-state index contributed by atoms with van der Waals surface area (Å²) in [4.78, 5) is 12.1. The van der Waals surface area contributed by atoms with E-state index in [0.717, 1.165) is 25.7 Å². The average Bonchev–Trinajstić information content (AvgIpc) is 2.87. The van der Waals surface area contributed by atoms with Gasteiger partial charge in [0.25, 0.3) is 0 Å². The molecule has 1 fully saturated rings. The summed E-state index contributed by atoms with van der Waals surface area (Å²) in [5.41, 5.74) is 7.25. The molecular formula is C17H26N2O. The number of nitrogens with one attached hydrogen (secondary N) is 1. The van der Waals surface area contributed by atoms with Crippen LogP contribution in [-0.2, 0) is 11.2 Å². The van der Waals surface area contributed by atoms with Gasteiger partial charge in [-0.1, -0.05) is 50.1 Å². The Morgan fingerprint density at radius 3 is 2.80 bits per heavy atom. The predicted molar refractivity (Wildman–Crippen MR) is 82.3 cm³/mol. The van der Waals surface area contributed by atoms with E-state index in [-0.39, 0.29) is 11.9 Å². The van der Waals surface area contributed by atoms with E-state index >= 15 is 0 Å². The summed E-state index contributed by atoms with van der Waals surface area (Å²) >= 11 is 0. The highest BCUT2D eigenvalue weighted by atomic mass is 16.2. The SMILES string of the molecule is CCCC(N)C(=O)NC1CCCC1Cc1ccccc1. The summed E-state index contributed by atoms with van der Waals surface area (Å²) in [7, 11) is 0. The molecule has 0 spiro atoms. The van der Waals surface area contributed by atoms with E-state index in [1.165, 1.54) is 18.4 Å². The standard InChI is InChI=1S/C17H26N2O/c1-2-7-15(18)17(20)19-16-11-6-10-14(16)12-13-8-4-3-5-9-13/h3-5,8-9,14-16H,2,6-7,10-12,18H2,1H3,(H,19,20). The van der Waals surface area contributed by atoms with Gasteiger partial charge in [-0.15, -0.1) is 0 Å². The van der Waals surface area contributed by atoms with Crippen molar-refractivity contribution in [3.63, 3.8) is 0 Å². The van der Waals surface area contributed by atoms with Crippen LogP contribution < -0.4 is 11.1 Å². The molecule has 0 radical (unpaired) electrons. The van der Waals surface area contributed by atoms with E-state index in [4.69, 9.17) is 5.73 Å². The molecule has 1 saturated carbocycles. The van der Waals surface area contributed by atoms with Gasteiger partial charge in [0.2, 0.25) is 5.91 Å². The zero-order valence-electron chi connectivity index (χ0n) is 12.3. The molecule has 3 unspecified atom stereocenters. The van der Waals surface area contributed by atoms with Crippen molar-refractivity contribution in [2.45, 2.75) is 57.5 Å². The smallest absolute Gasteiger partial charge is 0.237 e. The summed E-state index contributed by atoms with van der Waals surface area (Å²) in [6.07, 6.45) is 6.25. The summed E-state index contributed by atoms with van der Waals surface area (Å²) in [6, 6.07) is 10.5. The van der Waals surface area contributed by atoms with E-state index < -0.39 is 0 Å². The maximum absolute atomic E-state index is 12.1. The molecule has 110 valence electrons. The lowest BCUT2D eigenvalue weighted by atomic mass is 9.94. The first-order chi connectivity index (χ1) is 9.70. The highest BCUT2D eigenvalue weighted by molar-refractivity contribution is 5.81. The third kappa shape index (κ3) is 4.07. The van der Waals surface area contributed by atoms with Gasteiger partial charge in [-0.2, -0.15) is 0 Å². The molecule has 2 rings (SSSR count). The normalized spacial score (nSPS) is 23.5. The molecule has 1 aromatic carbocycles. The van der Waals surface area contributed by atoms with Crippen LogP contribution in [0.3, 0.4) is 0 Å². The summed E-state index contributed by atoms with van der Waals surface area (Å²) in [6.45, 7) is 2.06. The van der Waals surface area contributed by atoms with Crippen molar-refractivity contribution in [3.05, 3.63) is 35.9 Å². The number of hydrogen-bond acceptors (Lipinski definition) is 2. The molecule has 0 heterocycles. The second-order valence-electron chi connectivity index (χ2n) is 5.89. The molecule has 0 aliphatic heterocycles. The zero-order valence-corrected chi connectivity index (χ0v) is 12.3. The third-order valence-electron chi connectivity index (χ3n) is 4.26. The Bertz CT molecular complexity index is 418. The van der Waals surface area contributed by atoms with Crippen molar-refractivity contribution in [2.75, 3.05) is 0 Å². The second kappa shape index (κ2) is 7.44. The summed E-state index contributed by atoms with van der Waals surface area (Å²) in [5.74, 6) is 0.576. The molecule has 0 bridgehead atoms. The maximum atomic E-state index is 12.1. The minimum Gasteiger partial charge on any atom is -0.352 e. The van der Waals surface area contributed by atoms with Crippen molar-refractivity contribution in [3.8, 4) is 0 Å². The van der Waals surface area contributed by atoms with E-state index in [2.05, 4.69) is 36.5 Å². The van der Waals surface area contributed by atoms with Gasteiger partial charge in [0.15, 0.2) is 0 Å². The van der Waals surface area contributed by atoms with Gasteiger partial charge in [-0.25, -0.2) is 0 Å². The Morgan fingerprint density at radius 1 is 1.35 bits per heavy atom.